The Morgan fingerprint density at radius 2 is 1.85 bits per heavy atom. The van der Waals surface area contributed by atoms with Gasteiger partial charge in [0.05, 0.1) is 30.4 Å². The lowest BCUT2D eigenvalue weighted by molar-refractivity contribution is 0.173. The van der Waals surface area contributed by atoms with Crippen LogP contribution in [0, 0.1) is 5.82 Å². The molecule has 1 N–H and O–H groups in total. The standard InChI is InChI=1S/C26H34FN7O3S2/c1-19(20-2-4-21(27)5-3-20)34-18-28-13-23(34)15-30-6-10-33(11-7-30)39(36,37)25-14-29-26(38-25)32-9-8-31-17-24(35)12-22(31)16-32/h2-5,13-14,18-19,22,24,35H,6-12,15-17H2,1H3/t19-,22+,24-/m1/s1. The molecule has 3 fully saturated rings. The van der Waals surface area contributed by atoms with Gasteiger partial charge in [-0.1, -0.05) is 23.5 Å². The first-order valence-electron chi connectivity index (χ1n) is 13.4. The van der Waals surface area contributed by atoms with E-state index in [0.29, 0.717) is 38.8 Å². The van der Waals surface area contributed by atoms with Crippen molar-refractivity contribution < 1.29 is 17.9 Å². The fourth-order valence-electron chi connectivity index (χ4n) is 5.90. The zero-order valence-electron chi connectivity index (χ0n) is 21.9. The van der Waals surface area contributed by atoms with Gasteiger partial charge in [-0.3, -0.25) is 9.80 Å². The summed E-state index contributed by atoms with van der Waals surface area (Å²) in [6.45, 7) is 7.90. The molecule has 0 aliphatic carbocycles. The number of fused-ring (bicyclic) bond motifs is 1. The molecule has 39 heavy (non-hydrogen) atoms. The van der Waals surface area contributed by atoms with E-state index < -0.39 is 10.0 Å². The topological polar surface area (TPSA) is 98.0 Å². The van der Waals surface area contributed by atoms with Crippen molar-refractivity contribution in [2.45, 2.75) is 42.3 Å². The van der Waals surface area contributed by atoms with Gasteiger partial charge >= 0.3 is 0 Å². The number of imidazole rings is 1. The Labute approximate surface area is 232 Å². The van der Waals surface area contributed by atoms with Gasteiger partial charge < -0.3 is 14.6 Å². The van der Waals surface area contributed by atoms with Crippen molar-refractivity contribution in [3.63, 3.8) is 0 Å². The van der Waals surface area contributed by atoms with E-state index in [1.54, 1.807) is 22.8 Å². The van der Waals surface area contributed by atoms with E-state index in [1.807, 2.05) is 6.20 Å². The predicted octanol–water partition coefficient (Wildman–Crippen LogP) is 1.85. The van der Waals surface area contributed by atoms with E-state index in [0.717, 1.165) is 49.0 Å². The minimum atomic E-state index is -3.62. The van der Waals surface area contributed by atoms with Gasteiger partial charge in [-0.15, -0.1) is 0 Å². The average molecular weight is 576 g/mol. The molecule has 3 aromatic rings. The number of aliphatic hydroxyl groups excluding tert-OH is 1. The maximum Gasteiger partial charge on any atom is 0.254 e. The highest BCUT2D eigenvalue weighted by Crippen LogP contribution is 2.32. The van der Waals surface area contributed by atoms with Crippen LogP contribution in [0.25, 0.3) is 0 Å². The maximum atomic E-state index is 13.4. The van der Waals surface area contributed by atoms with Gasteiger partial charge in [-0.05, 0) is 31.0 Å². The SMILES string of the molecule is C[C@H](c1ccc(F)cc1)n1cncc1CN1CCN(S(=O)(=O)c2cnc(N3CCN4C[C@H](O)C[C@H]4C3)s2)CC1. The minimum absolute atomic E-state index is 0.00649. The van der Waals surface area contributed by atoms with E-state index in [4.69, 9.17) is 0 Å². The Balaban J connectivity index is 1.06. The van der Waals surface area contributed by atoms with E-state index in [1.165, 1.54) is 29.7 Å². The van der Waals surface area contributed by atoms with Gasteiger partial charge in [0, 0.05) is 71.1 Å². The fraction of sp³-hybridized carbons (Fsp3) is 0.538. The van der Waals surface area contributed by atoms with Crippen molar-refractivity contribution in [1.29, 1.82) is 0 Å². The van der Waals surface area contributed by atoms with Crippen LogP contribution in [0.15, 0.2) is 47.2 Å². The van der Waals surface area contributed by atoms with Crippen LogP contribution >= 0.6 is 11.3 Å². The van der Waals surface area contributed by atoms with Crippen LogP contribution < -0.4 is 4.90 Å². The second-order valence-corrected chi connectivity index (χ2v) is 13.8. The Hall–Kier alpha value is -2.42. The van der Waals surface area contributed by atoms with Crippen molar-refractivity contribution in [3.05, 3.63) is 60.1 Å². The van der Waals surface area contributed by atoms with Gasteiger partial charge in [-0.25, -0.2) is 22.8 Å². The van der Waals surface area contributed by atoms with E-state index in [9.17, 15) is 17.9 Å². The zero-order valence-corrected chi connectivity index (χ0v) is 23.6. The predicted molar refractivity (Wildman–Crippen MR) is 147 cm³/mol. The Morgan fingerprint density at radius 3 is 2.62 bits per heavy atom. The van der Waals surface area contributed by atoms with Crippen LogP contribution in [-0.2, 0) is 16.6 Å². The molecule has 0 spiro atoms. The van der Waals surface area contributed by atoms with Crippen LogP contribution in [0.4, 0.5) is 9.52 Å². The first-order valence-corrected chi connectivity index (χ1v) is 15.6. The monoisotopic (exact) mass is 575 g/mol. The number of aromatic nitrogens is 3. The lowest BCUT2D eigenvalue weighted by Gasteiger charge is -2.37. The summed E-state index contributed by atoms with van der Waals surface area (Å²) in [5.41, 5.74) is 2.03. The summed E-state index contributed by atoms with van der Waals surface area (Å²) in [6, 6.07) is 6.81. The summed E-state index contributed by atoms with van der Waals surface area (Å²) in [5, 5.41) is 10.7. The summed E-state index contributed by atoms with van der Waals surface area (Å²) in [7, 11) is -3.62. The molecule has 6 rings (SSSR count). The summed E-state index contributed by atoms with van der Waals surface area (Å²) < 4.78 is 44.2. The summed E-state index contributed by atoms with van der Waals surface area (Å²) >= 11 is 1.24. The van der Waals surface area contributed by atoms with Crippen LogP contribution in [0.2, 0.25) is 0 Å². The highest BCUT2D eigenvalue weighted by Gasteiger charge is 2.37. The van der Waals surface area contributed by atoms with Gasteiger partial charge in [-0.2, -0.15) is 4.31 Å². The molecular weight excluding hydrogens is 541 g/mol. The normalized spacial score (nSPS) is 24.2. The molecular formula is C26H34FN7O3S2. The summed E-state index contributed by atoms with van der Waals surface area (Å²) in [4.78, 5) is 15.5. The molecule has 10 nitrogen and oxygen atoms in total. The van der Waals surface area contributed by atoms with Gasteiger partial charge in [0.2, 0.25) is 0 Å². The lowest BCUT2D eigenvalue weighted by atomic mass is 10.1. The molecule has 0 saturated carbocycles. The molecule has 2 aromatic heterocycles. The number of rotatable bonds is 7. The summed E-state index contributed by atoms with van der Waals surface area (Å²) in [5.74, 6) is -0.258. The van der Waals surface area contributed by atoms with Crippen LogP contribution in [-0.4, -0.2) is 107 Å². The van der Waals surface area contributed by atoms with Crippen LogP contribution in [0.1, 0.15) is 30.6 Å². The number of hydrogen-bond donors (Lipinski definition) is 1. The van der Waals surface area contributed by atoms with E-state index in [-0.39, 0.29) is 22.2 Å². The molecule has 3 aliphatic heterocycles. The van der Waals surface area contributed by atoms with Crippen molar-refractivity contribution in [2.24, 2.45) is 0 Å². The van der Waals surface area contributed by atoms with Crippen molar-refractivity contribution in [3.8, 4) is 0 Å². The van der Waals surface area contributed by atoms with Crippen LogP contribution in [0.5, 0.6) is 0 Å². The van der Waals surface area contributed by atoms with Crippen LogP contribution in [0.3, 0.4) is 0 Å². The number of thiazole rings is 1. The fourth-order valence-corrected chi connectivity index (χ4v) is 8.63. The Bertz CT molecular complexity index is 1390. The number of hydrogen-bond acceptors (Lipinski definition) is 9. The van der Waals surface area contributed by atoms with Crippen molar-refractivity contribution in [2.75, 3.05) is 57.3 Å². The van der Waals surface area contributed by atoms with Gasteiger partial charge in [0.25, 0.3) is 10.0 Å². The second-order valence-electron chi connectivity index (χ2n) is 10.6. The average Bonchev–Trinajstić information content (AvgIpc) is 3.68. The smallest absolute Gasteiger partial charge is 0.254 e. The molecule has 0 unspecified atom stereocenters. The number of aliphatic hydroxyl groups is 1. The molecule has 0 radical (unpaired) electrons. The molecule has 13 heteroatoms. The molecule has 5 heterocycles. The van der Waals surface area contributed by atoms with Crippen molar-refractivity contribution in [1.82, 2.24) is 28.6 Å². The summed E-state index contributed by atoms with van der Waals surface area (Å²) in [6.07, 6.45) is 5.60. The molecule has 3 atom stereocenters. The number of anilines is 1. The largest absolute Gasteiger partial charge is 0.392 e. The number of piperazine rings is 2. The number of nitrogens with zero attached hydrogens (tertiary/aromatic N) is 7. The highest BCUT2D eigenvalue weighted by molar-refractivity contribution is 7.91. The molecule has 0 bridgehead atoms. The molecule has 210 valence electrons. The number of benzene rings is 1. The van der Waals surface area contributed by atoms with E-state index >= 15 is 0 Å². The molecule has 3 saturated heterocycles. The maximum absolute atomic E-state index is 13.4. The third-order valence-corrected chi connectivity index (χ3v) is 11.6. The Kier molecular flexibility index (Phi) is 7.46. The number of halogens is 1. The highest BCUT2D eigenvalue weighted by atomic mass is 32.2. The molecule has 0 amide bonds. The number of sulfonamides is 1. The second kappa shape index (κ2) is 10.9. The molecule has 1 aromatic carbocycles. The minimum Gasteiger partial charge on any atom is -0.392 e. The van der Waals surface area contributed by atoms with Gasteiger partial charge in [0.1, 0.15) is 5.82 Å². The zero-order chi connectivity index (χ0) is 27.1. The third-order valence-electron chi connectivity index (χ3n) is 8.16. The molecule has 3 aliphatic rings. The lowest BCUT2D eigenvalue weighted by Crippen LogP contribution is -2.50. The first kappa shape index (κ1) is 26.8. The first-order chi connectivity index (χ1) is 18.8. The Morgan fingerprint density at radius 1 is 1.08 bits per heavy atom. The third kappa shape index (κ3) is 5.48. The quantitative estimate of drug-likeness (QED) is 0.456. The van der Waals surface area contributed by atoms with E-state index in [2.05, 4.69) is 36.2 Å². The van der Waals surface area contributed by atoms with Gasteiger partial charge in [0.15, 0.2) is 9.34 Å². The van der Waals surface area contributed by atoms with Crippen molar-refractivity contribution >= 4 is 26.5 Å².